The summed E-state index contributed by atoms with van der Waals surface area (Å²) in [4.78, 5) is 46.9. The van der Waals surface area contributed by atoms with Crippen molar-refractivity contribution in [2.45, 2.75) is 50.6 Å². The lowest BCUT2D eigenvalue weighted by molar-refractivity contribution is -0.139. The Kier molecular flexibility index (Phi) is 7.22. The second-order valence-corrected chi connectivity index (χ2v) is 10.2. The van der Waals surface area contributed by atoms with E-state index in [9.17, 15) is 14.4 Å². The number of carbonyl (C=O) groups excluding carboxylic acids is 3. The molecule has 3 aliphatic rings. The first-order valence-electron chi connectivity index (χ1n) is 10.7. The number of carbonyl (C=O) groups is 3. The smallest absolute Gasteiger partial charge is 0.257 e. The number of aliphatic imine (C=N–C) groups is 1. The first-order chi connectivity index (χ1) is 15.1. The summed E-state index contributed by atoms with van der Waals surface area (Å²) in [5, 5.41) is 0. The van der Waals surface area contributed by atoms with Crippen LogP contribution in [-0.2, 0) is 14.4 Å². The normalized spacial score (nSPS) is 22.0. The molecular weight excluding hydrogens is 434 g/mol. The number of nitrogens with zero attached hydrogens (tertiary/aromatic N) is 3. The van der Waals surface area contributed by atoms with Crippen molar-refractivity contribution in [2.75, 3.05) is 30.1 Å². The highest BCUT2D eigenvalue weighted by atomic mass is 32.2. The topological polar surface area (TPSA) is 79.3 Å². The number of hydrogen-bond donors (Lipinski definition) is 0. The summed E-state index contributed by atoms with van der Waals surface area (Å²) in [5.74, 6) is 1.21. The van der Waals surface area contributed by atoms with Gasteiger partial charge in [-0.1, -0.05) is 42.8 Å². The van der Waals surface area contributed by atoms with Crippen LogP contribution in [0.3, 0.4) is 0 Å². The lowest BCUT2D eigenvalue weighted by atomic mass is 9.92. The minimum absolute atomic E-state index is 0.0117. The Balaban J connectivity index is 1.54. The summed E-state index contributed by atoms with van der Waals surface area (Å²) in [6.07, 6.45) is 5.03. The standard InChI is InChI=1S/C22H27N3O4S2/c1-29-17-9-7-16(8-10-17)25-19(26)13-18(21(25)28)24(15-5-3-2-4-6-15)20(27)14-31-22-23-11-12-30-22/h7-10,15,18H,2-6,11-14H2,1H3. The van der Waals surface area contributed by atoms with Crippen LogP contribution in [0.25, 0.3) is 0 Å². The van der Waals surface area contributed by atoms with E-state index in [4.69, 9.17) is 4.74 Å². The number of imide groups is 1. The van der Waals surface area contributed by atoms with E-state index in [1.54, 1.807) is 48.0 Å². The van der Waals surface area contributed by atoms with Crippen molar-refractivity contribution in [1.82, 2.24) is 4.90 Å². The van der Waals surface area contributed by atoms with Gasteiger partial charge in [0, 0.05) is 11.8 Å². The molecule has 166 valence electrons. The van der Waals surface area contributed by atoms with Gasteiger partial charge in [-0.25, -0.2) is 4.90 Å². The second-order valence-electron chi connectivity index (χ2n) is 7.86. The molecule has 7 nitrogen and oxygen atoms in total. The predicted molar refractivity (Wildman–Crippen MR) is 125 cm³/mol. The highest BCUT2D eigenvalue weighted by molar-refractivity contribution is 8.39. The molecule has 2 aliphatic heterocycles. The van der Waals surface area contributed by atoms with E-state index in [2.05, 4.69) is 4.99 Å². The fraction of sp³-hybridized carbons (Fsp3) is 0.545. The molecule has 2 heterocycles. The number of rotatable bonds is 6. The number of amides is 3. The number of benzene rings is 1. The molecule has 1 saturated heterocycles. The molecule has 1 atom stereocenters. The van der Waals surface area contributed by atoms with Crippen LogP contribution in [0.4, 0.5) is 5.69 Å². The zero-order valence-electron chi connectivity index (χ0n) is 17.6. The fourth-order valence-electron chi connectivity index (χ4n) is 4.43. The molecule has 0 spiro atoms. The van der Waals surface area contributed by atoms with Gasteiger partial charge in [-0.15, -0.1) is 0 Å². The predicted octanol–water partition coefficient (Wildman–Crippen LogP) is 3.32. The van der Waals surface area contributed by atoms with Crippen LogP contribution in [-0.4, -0.2) is 64.2 Å². The van der Waals surface area contributed by atoms with Gasteiger partial charge in [0.2, 0.25) is 11.8 Å². The molecule has 1 aliphatic carbocycles. The van der Waals surface area contributed by atoms with Crippen molar-refractivity contribution in [3.8, 4) is 5.75 Å². The molecule has 0 radical (unpaired) electrons. The second kappa shape index (κ2) is 10.1. The van der Waals surface area contributed by atoms with Crippen LogP contribution in [0, 0.1) is 0 Å². The van der Waals surface area contributed by atoms with Crippen molar-refractivity contribution in [1.29, 1.82) is 0 Å². The van der Waals surface area contributed by atoms with Crippen molar-refractivity contribution in [3.05, 3.63) is 24.3 Å². The van der Waals surface area contributed by atoms with Gasteiger partial charge in [-0.05, 0) is 37.1 Å². The molecule has 0 N–H and O–H groups in total. The Morgan fingerprint density at radius 3 is 2.61 bits per heavy atom. The van der Waals surface area contributed by atoms with Crippen molar-refractivity contribution >= 4 is 51.3 Å². The Bertz CT molecular complexity index is 868. The van der Waals surface area contributed by atoms with E-state index in [-0.39, 0.29) is 35.9 Å². The van der Waals surface area contributed by atoms with E-state index >= 15 is 0 Å². The molecule has 2 fully saturated rings. The fourth-order valence-corrected chi connectivity index (χ4v) is 6.31. The Hall–Kier alpha value is -2.00. The number of anilines is 1. The molecule has 0 bridgehead atoms. The highest BCUT2D eigenvalue weighted by Crippen LogP contribution is 2.33. The Morgan fingerprint density at radius 2 is 1.97 bits per heavy atom. The quantitative estimate of drug-likeness (QED) is 0.605. The van der Waals surface area contributed by atoms with Gasteiger partial charge in [0.1, 0.15) is 16.2 Å². The highest BCUT2D eigenvalue weighted by Gasteiger charge is 2.46. The van der Waals surface area contributed by atoms with Crippen LogP contribution in [0.15, 0.2) is 29.3 Å². The maximum absolute atomic E-state index is 13.4. The van der Waals surface area contributed by atoms with Crippen LogP contribution >= 0.6 is 23.5 Å². The van der Waals surface area contributed by atoms with Crippen LogP contribution in [0.2, 0.25) is 0 Å². The summed E-state index contributed by atoms with van der Waals surface area (Å²) in [6.45, 7) is 0.792. The molecular formula is C22H27N3O4S2. The first kappa shape index (κ1) is 22.2. The molecule has 4 rings (SSSR count). The third kappa shape index (κ3) is 4.92. The van der Waals surface area contributed by atoms with Gasteiger partial charge >= 0.3 is 0 Å². The van der Waals surface area contributed by atoms with Crippen LogP contribution < -0.4 is 9.64 Å². The van der Waals surface area contributed by atoms with Gasteiger partial charge in [0.25, 0.3) is 5.91 Å². The summed E-state index contributed by atoms with van der Waals surface area (Å²) in [5.41, 5.74) is 0.514. The molecule has 9 heteroatoms. The summed E-state index contributed by atoms with van der Waals surface area (Å²) < 4.78 is 6.11. The SMILES string of the molecule is COc1ccc(N2C(=O)CC(N(C(=O)CSC3=NCCS3)C3CCCCC3)C2=O)cc1. The van der Waals surface area contributed by atoms with Gasteiger partial charge in [0.15, 0.2) is 0 Å². The van der Waals surface area contributed by atoms with E-state index in [1.807, 2.05) is 0 Å². The third-order valence-electron chi connectivity index (χ3n) is 5.92. The van der Waals surface area contributed by atoms with Crippen molar-refractivity contribution in [2.24, 2.45) is 4.99 Å². The van der Waals surface area contributed by atoms with Gasteiger partial charge < -0.3 is 9.64 Å². The van der Waals surface area contributed by atoms with E-state index in [1.165, 1.54) is 16.7 Å². The lowest BCUT2D eigenvalue weighted by Crippen LogP contribution is -2.52. The minimum Gasteiger partial charge on any atom is -0.497 e. The molecule has 1 saturated carbocycles. The number of hydrogen-bond acceptors (Lipinski definition) is 7. The molecule has 3 amide bonds. The molecule has 1 aromatic rings. The Morgan fingerprint density at radius 1 is 1.23 bits per heavy atom. The van der Waals surface area contributed by atoms with E-state index in [0.29, 0.717) is 11.4 Å². The number of thioether (sulfide) groups is 2. The van der Waals surface area contributed by atoms with Gasteiger partial charge in [-0.3, -0.25) is 19.4 Å². The zero-order valence-corrected chi connectivity index (χ0v) is 19.3. The first-order valence-corrected chi connectivity index (χ1v) is 12.7. The monoisotopic (exact) mass is 461 g/mol. The largest absolute Gasteiger partial charge is 0.497 e. The summed E-state index contributed by atoms with van der Waals surface area (Å²) in [6, 6.07) is 6.14. The van der Waals surface area contributed by atoms with Gasteiger partial charge in [-0.2, -0.15) is 0 Å². The summed E-state index contributed by atoms with van der Waals surface area (Å²) >= 11 is 3.11. The Labute approximate surface area is 191 Å². The average Bonchev–Trinajstić information content (AvgIpc) is 3.41. The van der Waals surface area contributed by atoms with E-state index < -0.39 is 6.04 Å². The molecule has 0 aromatic heterocycles. The number of ether oxygens (including phenoxy) is 1. The summed E-state index contributed by atoms with van der Waals surface area (Å²) in [7, 11) is 1.57. The van der Waals surface area contributed by atoms with E-state index in [0.717, 1.165) is 48.8 Å². The average molecular weight is 462 g/mol. The maximum atomic E-state index is 13.4. The van der Waals surface area contributed by atoms with Crippen LogP contribution in [0.1, 0.15) is 38.5 Å². The zero-order chi connectivity index (χ0) is 21.8. The van der Waals surface area contributed by atoms with Crippen LogP contribution in [0.5, 0.6) is 5.75 Å². The maximum Gasteiger partial charge on any atom is 0.257 e. The van der Waals surface area contributed by atoms with Gasteiger partial charge in [0.05, 0.1) is 31.5 Å². The lowest BCUT2D eigenvalue weighted by Gasteiger charge is -2.37. The molecule has 31 heavy (non-hydrogen) atoms. The van der Waals surface area contributed by atoms with Crippen molar-refractivity contribution in [3.63, 3.8) is 0 Å². The third-order valence-corrected chi connectivity index (χ3v) is 8.16. The minimum atomic E-state index is -0.732. The molecule has 1 aromatic carbocycles. The molecule has 1 unspecified atom stereocenters. The van der Waals surface area contributed by atoms with Crippen molar-refractivity contribution < 1.29 is 19.1 Å². The number of methoxy groups -OCH3 is 1.